The highest BCUT2D eigenvalue weighted by Crippen LogP contribution is 2.51. The molecule has 3 rings (SSSR count). The molecule has 0 saturated carbocycles. The Morgan fingerprint density at radius 3 is 2.74 bits per heavy atom. The Bertz CT molecular complexity index is 903. The third-order valence-electron chi connectivity index (χ3n) is 5.72. The molecule has 1 amide bonds. The second kappa shape index (κ2) is 9.06. The van der Waals surface area contributed by atoms with Crippen LogP contribution < -0.4 is 10.0 Å². The zero-order valence-electron chi connectivity index (χ0n) is 17.8. The molecule has 0 bridgehead atoms. The number of amides is 1. The van der Waals surface area contributed by atoms with Gasteiger partial charge in [-0.15, -0.1) is 16.2 Å². The molecule has 0 aromatic rings. The fraction of sp³-hybridized carbons (Fsp3) is 0.722. The fourth-order valence-corrected chi connectivity index (χ4v) is 6.60. The molecule has 0 spiro atoms. The zero-order chi connectivity index (χ0) is 23.1. The van der Waals surface area contributed by atoms with E-state index in [0.717, 1.165) is 0 Å². The second-order valence-electron chi connectivity index (χ2n) is 8.36. The summed E-state index contributed by atoms with van der Waals surface area (Å²) in [7, 11) is -0.444. The number of thioether (sulfide) groups is 1. The van der Waals surface area contributed by atoms with Crippen LogP contribution >= 0.6 is 11.8 Å². The molecular formula is C18H29N5O6S2. The Balaban J connectivity index is 1.63. The van der Waals surface area contributed by atoms with Crippen molar-refractivity contribution in [3.63, 3.8) is 0 Å². The van der Waals surface area contributed by atoms with Gasteiger partial charge in [0.1, 0.15) is 12.0 Å². The van der Waals surface area contributed by atoms with Crippen LogP contribution in [0.4, 0.5) is 0 Å². The van der Waals surface area contributed by atoms with Gasteiger partial charge in [-0.2, -0.15) is 13.1 Å². The molecule has 6 atom stereocenters. The van der Waals surface area contributed by atoms with Crippen LogP contribution in [-0.4, -0.2) is 97.3 Å². The molecule has 0 aliphatic carbocycles. The van der Waals surface area contributed by atoms with Crippen molar-refractivity contribution in [2.24, 2.45) is 16.2 Å². The highest BCUT2D eigenvalue weighted by Gasteiger charge is 2.60. The summed E-state index contributed by atoms with van der Waals surface area (Å²) >= 11 is 1.42. The molecule has 2 saturated heterocycles. The smallest absolute Gasteiger partial charge is 0.353 e. The van der Waals surface area contributed by atoms with E-state index < -0.39 is 28.2 Å². The van der Waals surface area contributed by atoms with Crippen molar-refractivity contribution in [3.8, 4) is 0 Å². The first-order chi connectivity index (χ1) is 14.4. The van der Waals surface area contributed by atoms with Crippen molar-refractivity contribution in [2.45, 2.75) is 43.7 Å². The molecular weight excluding hydrogens is 446 g/mol. The summed E-state index contributed by atoms with van der Waals surface area (Å²) in [6.07, 6.45) is 0.999. The normalized spacial score (nSPS) is 31.8. The van der Waals surface area contributed by atoms with Gasteiger partial charge in [0.2, 0.25) is 5.91 Å². The van der Waals surface area contributed by atoms with Gasteiger partial charge in [-0.1, -0.05) is 6.92 Å². The number of aliphatic hydroxyl groups excluding tert-OH is 1. The van der Waals surface area contributed by atoms with Gasteiger partial charge < -0.3 is 25.3 Å². The standard InChI is InChI=1S/C18H29N5O6S2/c1-9-14-13(10(2)24)17(25)23(14)15(18(26)27)16(9)30-12-5-11(19-7-12)6-20-31(28,29)21-8-22(3)4/h8-14,19-20,24H,5-7H2,1-4H3,(H,26,27)/t9-,10-,11+,12-,13-,14-/m1/s1. The minimum atomic E-state index is -3.78. The summed E-state index contributed by atoms with van der Waals surface area (Å²) in [5.74, 6) is -2.28. The molecule has 0 unspecified atom stereocenters. The third kappa shape index (κ3) is 4.90. The lowest BCUT2D eigenvalue weighted by atomic mass is 9.79. The maximum atomic E-state index is 12.4. The molecule has 0 aromatic carbocycles. The van der Waals surface area contributed by atoms with Gasteiger partial charge in [-0.3, -0.25) is 4.79 Å². The zero-order valence-corrected chi connectivity index (χ0v) is 19.5. The molecule has 3 aliphatic rings. The number of carboxylic acids is 1. The molecule has 4 N–H and O–H groups in total. The van der Waals surface area contributed by atoms with Gasteiger partial charge in [0.15, 0.2) is 0 Å². The minimum absolute atomic E-state index is 0.00609. The van der Waals surface area contributed by atoms with Gasteiger partial charge in [0.05, 0.1) is 18.1 Å². The van der Waals surface area contributed by atoms with Crippen LogP contribution in [0.15, 0.2) is 15.0 Å². The number of carbonyl (C=O) groups excluding carboxylic acids is 1. The molecule has 31 heavy (non-hydrogen) atoms. The van der Waals surface area contributed by atoms with Gasteiger partial charge in [0, 0.05) is 49.3 Å². The molecule has 3 aliphatic heterocycles. The molecule has 174 valence electrons. The first-order valence-corrected chi connectivity index (χ1v) is 12.3. The molecule has 0 aromatic heterocycles. The number of rotatable bonds is 9. The predicted octanol–water partition coefficient (Wildman–Crippen LogP) is -0.972. The van der Waals surface area contributed by atoms with Crippen LogP contribution in [-0.2, 0) is 19.8 Å². The van der Waals surface area contributed by atoms with Crippen molar-refractivity contribution in [1.29, 1.82) is 0 Å². The summed E-state index contributed by atoms with van der Waals surface area (Å²) in [6, 6.07) is -0.455. The van der Waals surface area contributed by atoms with Gasteiger partial charge >= 0.3 is 16.2 Å². The Labute approximate surface area is 186 Å². The number of nitrogens with zero attached hydrogens (tertiary/aromatic N) is 3. The van der Waals surface area contributed by atoms with E-state index in [9.17, 15) is 28.2 Å². The van der Waals surface area contributed by atoms with E-state index in [1.807, 2.05) is 6.92 Å². The first-order valence-electron chi connectivity index (χ1n) is 10.0. The summed E-state index contributed by atoms with van der Waals surface area (Å²) < 4.78 is 29.8. The van der Waals surface area contributed by atoms with E-state index >= 15 is 0 Å². The molecule has 2 fully saturated rings. The third-order valence-corrected chi connectivity index (χ3v) is 8.13. The highest BCUT2D eigenvalue weighted by molar-refractivity contribution is 8.03. The lowest BCUT2D eigenvalue weighted by Crippen LogP contribution is -2.63. The molecule has 3 heterocycles. The minimum Gasteiger partial charge on any atom is -0.477 e. The number of nitrogens with one attached hydrogen (secondary N) is 2. The van der Waals surface area contributed by atoms with Crippen molar-refractivity contribution >= 4 is 40.2 Å². The SMILES string of the molecule is C[C@@H](O)[C@H]1C(=O)N2C(C(=O)O)=C(S[C@H]3CN[C@H](CNS(=O)(=O)N=CN(C)C)C3)[C@H](C)[C@H]12. The maximum absolute atomic E-state index is 12.4. The number of fused-ring (bicyclic) bond motifs is 1. The number of carboxylic acid groups (broad SMARTS) is 1. The number of hydrogen-bond acceptors (Lipinski definition) is 7. The summed E-state index contributed by atoms with van der Waals surface area (Å²) in [5.41, 5.74) is 0.00609. The van der Waals surface area contributed by atoms with E-state index in [1.54, 1.807) is 21.0 Å². The van der Waals surface area contributed by atoms with Gasteiger partial charge in [-0.05, 0) is 13.3 Å². The van der Waals surface area contributed by atoms with Crippen molar-refractivity contribution in [1.82, 2.24) is 19.8 Å². The summed E-state index contributed by atoms with van der Waals surface area (Å²) in [6.45, 7) is 4.18. The van der Waals surface area contributed by atoms with Gasteiger partial charge in [0.25, 0.3) is 0 Å². The van der Waals surface area contributed by atoms with E-state index in [0.29, 0.717) is 17.9 Å². The van der Waals surface area contributed by atoms with Crippen LogP contribution in [0.2, 0.25) is 0 Å². The van der Waals surface area contributed by atoms with E-state index in [2.05, 4.69) is 14.4 Å². The fourth-order valence-electron chi connectivity index (χ4n) is 4.29. The van der Waals surface area contributed by atoms with Crippen LogP contribution in [0.1, 0.15) is 20.3 Å². The van der Waals surface area contributed by atoms with E-state index in [4.69, 9.17) is 0 Å². The van der Waals surface area contributed by atoms with Crippen LogP contribution in [0.25, 0.3) is 0 Å². The molecule has 13 heteroatoms. The number of aliphatic hydroxyl groups is 1. The largest absolute Gasteiger partial charge is 0.477 e. The number of β-lactam (4-membered cyclic amide) rings is 1. The quantitative estimate of drug-likeness (QED) is 0.187. The lowest BCUT2D eigenvalue weighted by Gasteiger charge is -2.46. The lowest BCUT2D eigenvalue weighted by molar-refractivity contribution is -0.163. The Hall–Kier alpha value is -1.67. The average molecular weight is 476 g/mol. The van der Waals surface area contributed by atoms with E-state index in [-0.39, 0.29) is 41.4 Å². The number of hydrogen-bond donors (Lipinski definition) is 4. The van der Waals surface area contributed by atoms with Crippen molar-refractivity contribution in [2.75, 3.05) is 27.2 Å². The number of aliphatic carboxylic acids is 1. The summed E-state index contributed by atoms with van der Waals surface area (Å²) in [5, 5.41) is 22.9. The Morgan fingerprint density at radius 2 is 2.16 bits per heavy atom. The highest BCUT2D eigenvalue weighted by atomic mass is 32.2. The van der Waals surface area contributed by atoms with Crippen LogP contribution in [0, 0.1) is 11.8 Å². The van der Waals surface area contributed by atoms with Gasteiger partial charge in [-0.25, -0.2) is 4.79 Å². The molecule has 0 radical (unpaired) electrons. The summed E-state index contributed by atoms with van der Waals surface area (Å²) in [4.78, 5) is 27.8. The Kier molecular flexibility index (Phi) is 7.01. The topological polar surface area (TPSA) is 152 Å². The maximum Gasteiger partial charge on any atom is 0.353 e. The van der Waals surface area contributed by atoms with Crippen LogP contribution in [0.3, 0.4) is 0 Å². The monoisotopic (exact) mass is 475 g/mol. The van der Waals surface area contributed by atoms with Crippen LogP contribution in [0.5, 0.6) is 0 Å². The second-order valence-corrected chi connectivity index (χ2v) is 11.2. The average Bonchev–Trinajstić information content (AvgIpc) is 3.20. The first kappa shape index (κ1) is 24.0. The molecule has 11 nitrogen and oxygen atoms in total. The predicted molar refractivity (Wildman–Crippen MR) is 117 cm³/mol. The number of carbonyl (C=O) groups is 2. The van der Waals surface area contributed by atoms with Crippen molar-refractivity contribution in [3.05, 3.63) is 10.6 Å². The van der Waals surface area contributed by atoms with Crippen molar-refractivity contribution < 1.29 is 28.2 Å². The Morgan fingerprint density at radius 1 is 1.48 bits per heavy atom. The van der Waals surface area contributed by atoms with E-state index in [1.165, 1.54) is 27.9 Å².